The van der Waals surface area contributed by atoms with Crippen molar-refractivity contribution >= 4 is 17.4 Å². The summed E-state index contributed by atoms with van der Waals surface area (Å²) < 4.78 is 13.3. The van der Waals surface area contributed by atoms with Gasteiger partial charge in [0.2, 0.25) is 5.91 Å². The van der Waals surface area contributed by atoms with Crippen molar-refractivity contribution < 1.29 is 9.18 Å². The van der Waals surface area contributed by atoms with Crippen LogP contribution in [0.25, 0.3) is 0 Å². The second kappa shape index (κ2) is 9.38. The number of nitrogens with zero attached hydrogens (tertiary/aromatic N) is 5. The molecule has 0 spiro atoms. The van der Waals surface area contributed by atoms with Crippen LogP contribution in [0.4, 0.5) is 15.9 Å². The molecule has 1 N–H and O–H groups in total. The van der Waals surface area contributed by atoms with Gasteiger partial charge in [-0.05, 0) is 37.6 Å². The van der Waals surface area contributed by atoms with E-state index in [9.17, 15) is 9.18 Å². The molecule has 0 radical (unpaired) electrons. The van der Waals surface area contributed by atoms with Crippen molar-refractivity contribution in [3.8, 4) is 0 Å². The van der Waals surface area contributed by atoms with Crippen LogP contribution in [0.15, 0.2) is 36.8 Å². The van der Waals surface area contributed by atoms with Crippen LogP contribution in [0.1, 0.15) is 18.4 Å². The van der Waals surface area contributed by atoms with E-state index in [0.717, 1.165) is 69.2 Å². The molecule has 30 heavy (non-hydrogen) atoms. The van der Waals surface area contributed by atoms with Gasteiger partial charge >= 0.3 is 0 Å². The van der Waals surface area contributed by atoms with Gasteiger partial charge in [-0.15, -0.1) is 0 Å². The first-order valence-electron chi connectivity index (χ1n) is 10.6. The molecule has 0 unspecified atom stereocenters. The van der Waals surface area contributed by atoms with Gasteiger partial charge in [-0.3, -0.25) is 4.79 Å². The average molecular weight is 413 g/mol. The number of amides is 1. The summed E-state index contributed by atoms with van der Waals surface area (Å²) in [7, 11) is 2.14. The third-order valence-corrected chi connectivity index (χ3v) is 6.04. The normalized spacial score (nSPS) is 18.5. The highest BCUT2D eigenvalue weighted by Crippen LogP contribution is 2.30. The summed E-state index contributed by atoms with van der Waals surface area (Å²) in [6, 6.07) is 6.35. The Morgan fingerprint density at radius 3 is 2.63 bits per heavy atom. The van der Waals surface area contributed by atoms with Crippen molar-refractivity contribution in [2.24, 2.45) is 5.92 Å². The predicted octanol–water partition coefficient (Wildman–Crippen LogP) is 1.90. The topological polar surface area (TPSA) is 64.6 Å². The number of nitrogens with one attached hydrogen (secondary N) is 1. The number of piperidine rings is 1. The van der Waals surface area contributed by atoms with Gasteiger partial charge in [0.15, 0.2) is 5.82 Å². The molecule has 0 saturated carbocycles. The van der Waals surface area contributed by atoms with Crippen LogP contribution in [-0.4, -0.2) is 67.1 Å². The van der Waals surface area contributed by atoms with E-state index in [-0.39, 0.29) is 17.6 Å². The van der Waals surface area contributed by atoms with E-state index in [4.69, 9.17) is 0 Å². The van der Waals surface area contributed by atoms with Gasteiger partial charge in [0.05, 0.1) is 11.9 Å². The summed E-state index contributed by atoms with van der Waals surface area (Å²) in [5, 5.41) is 2.96. The maximum atomic E-state index is 13.3. The van der Waals surface area contributed by atoms with Gasteiger partial charge in [-0.2, -0.15) is 0 Å². The summed E-state index contributed by atoms with van der Waals surface area (Å²) in [5.41, 5.74) is 1.83. The molecule has 0 bridgehead atoms. The summed E-state index contributed by atoms with van der Waals surface area (Å²) >= 11 is 0. The summed E-state index contributed by atoms with van der Waals surface area (Å²) in [6.07, 6.45) is 5.08. The molecule has 1 aromatic carbocycles. The number of carbonyl (C=O) groups excluding carboxylic acids is 1. The molecule has 1 amide bonds. The maximum Gasteiger partial charge on any atom is 0.223 e. The summed E-state index contributed by atoms with van der Waals surface area (Å²) in [4.78, 5) is 28.4. The Labute approximate surface area is 176 Å². The molecule has 0 atom stereocenters. The minimum absolute atomic E-state index is 0.0217. The molecule has 3 heterocycles. The fourth-order valence-corrected chi connectivity index (χ4v) is 4.16. The summed E-state index contributed by atoms with van der Waals surface area (Å²) in [5.74, 6) is 0.734. The number of piperazine rings is 1. The maximum absolute atomic E-state index is 13.3. The number of rotatable bonds is 5. The van der Waals surface area contributed by atoms with Crippen LogP contribution < -0.4 is 15.1 Å². The Hall–Kier alpha value is -2.74. The molecule has 2 aromatic rings. The number of hydrogen-bond donors (Lipinski definition) is 1. The quantitative estimate of drug-likeness (QED) is 0.809. The molecule has 2 saturated heterocycles. The van der Waals surface area contributed by atoms with Crippen LogP contribution in [0.2, 0.25) is 0 Å². The zero-order valence-electron chi connectivity index (χ0n) is 17.4. The molecule has 2 aliphatic heterocycles. The molecule has 2 fully saturated rings. The second-order valence-electron chi connectivity index (χ2n) is 8.13. The third kappa shape index (κ3) is 4.87. The Morgan fingerprint density at radius 1 is 1.13 bits per heavy atom. The van der Waals surface area contributed by atoms with E-state index >= 15 is 0 Å². The minimum atomic E-state index is -0.281. The highest BCUT2D eigenvalue weighted by molar-refractivity contribution is 5.79. The van der Waals surface area contributed by atoms with Crippen molar-refractivity contribution in [3.05, 3.63) is 48.2 Å². The number of carbonyl (C=O) groups is 1. The molecule has 4 rings (SSSR count). The van der Waals surface area contributed by atoms with Crippen molar-refractivity contribution in [2.75, 3.05) is 56.1 Å². The minimum Gasteiger partial charge on any atom is -0.367 e. The average Bonchev–Trinajstić information content (AvgIpc) is 2.78. The first-order chi connectivity index (χ1) is 14.6. The molecule has 2 aliphatic rings. The third-order valence-electron chi connectivity index (χ3n) is 6.04. The number of anilines is 2. The van der Waals surface area contributed by atoms with Gasteiger partial charge in [0, 0.05) is 51.7 Å². The van der Waals surface area contributed by atoms with E-state index < -0.39 is 0 Å². The fraction of sp³-hybridized carbons (Fsp3) is 0.500. The molecular formula is C22H29FN6O. The van der Waals surface area contributed by atoms with E-state index in [2.05, 4.69) is 37.0 Å². The highest BCUT2D eigenvalue weighted by atomic mass is 19.1. The number of benzene rings is 1. The molecule has 7 nitrogen and oxygen atoms in total. The van der Waals surface area contributed by atoms with E-state index in [1.807, 2.05) is 12.3 Å². The number of halogens is 1. The van der Waals surface area contributed by atoms with Gasteiger partial charge in [0.25, 0.3) is 0 Å². The molecule has 160 valence electrons. The van der Waals surface area contributed by atoms with Crippen LogP contribution in [0, 0.1) is 11.7 Å². The lowest BCUT2D eigenvalue weighted by Crippen LogP contribution is -2.46. The first kappa shape index (κ1) is 20.5. The zero-order chi connectivity index (χ0) is 20.9. The van der Waals surface area contributed by atoms with Crippen LogP contribution in [-0.2, 0) is 11.3 Å². The van der Waals surface area contributed by atoms with Gasteiger partial charge in [-0.1, -0.05) is 12.1 Å². The molecule has 0 aliphatic carbocycles. The lowest BCUT2D eigenvalue weighted by atomic mass is 9.95. The lowest BCUT2D eigenvalue weighted by Gasteiger charge is -2.38. The highest BCUT2D eigenvalue weighted by Gasteiger charge is 2.28. The Kier molecular flexibility index (Phi) is 6.42. The molecule has 1 aromatic heterocycles. The smallest absolute Gasteiger partial charge is 0.223 e. The fourth-order valence-electron chi connectivity index (χ4n) is 4.16. The summed E-state index contributed by atoms with van der Waals surface area (Å²) in [6.45, 7) is 5.92. The van der Waals surface area contributed by atoms with E-state index in [1.165, 1.54) is 12.1 Å². The van der Waals surface area contributed by atoms with Crippen LogP contribution in [0.5, 0.6) is 0 Å². The molecular weight excluding hydrogens is 383 g/mol. The lowest BCUT2D eigenvalue weighted by molar-refractivity contribution is -0.125. The number of aromatic nitrogens is 2. The van der Waals surface area contributed by atoms with Gasteiger partial charge in [-0.25, -0.2) is 14.4 Å². The Balaban J connectivity index is 1.33. The van der Waals surface area contributed by atoms with Crippen molar-refractivity contribution in [1.29, 1.82) is 0 Å². The number of likely N-dealkylation sites (N-methyl/N-ethyl adjacent to an activating group) is 1. The number of hydrogen-bond acceptors (Lipinski definition) is 6. The van der Waals surface area contributed by atoms with Crippen molar-refractivity contribution in [3.63, 3.8) is 0 Å². The van der Waals surface area contributed by atoms with E-state index in [0.29, 0.717) is 6.54 Å². The second-order valence-corrected chi connectivity index (χ2v) is 8.13. The SMILES string of the molecule is CN1CCN(c2ncncc2N2CCC(C(=O)NCc3cccc(F)c3)CC2)CC1. The standard InChI is InChI=1S/C22H29FN6O/c1-27-9-11-29(12-10-27)21-20(15-24-16-26-21)28-7-5-18(6-8-28)22(30)25-14-17-3-2-4-19(23)13-17/h2-4,13,15-16,18H,5-12,14H2,1H3,(H,25,30). The van der Waals surface area contributed by atoms with E-state index in [1.54, 1.807) is 12.4 Å². The predicted molar refractivity (Wildman–Crippen MR) is 115 cm³/mol. The van der Waals surface area contributed by atoms with Crippen LogP contribution in [0.3, 0.4) is 0 Å². The van der Waals surface area contributed by atoms with Gasteiger partial charge in [0.1, 0.15) is 12.1 Å². The first-order valence-corrected chi connectivity index (χ1v) is 10.6. The largest absolute Gasteiger partial charge is 0.367 e. The van der Waals surface area contributed by atoms with Crippen LogP contribution >= 0.6 is 0 Å². The Morgan fingerprint density at radius 2 is 1.90 bits per heavy atom. The molecule has 8 heteroatoms. The van der Waals surface area contributed by atoms with Crippen molar-refractivity contribution in [2.45, 2.75) is 19.4 Å². The van der Waals surface area contributed by atoms with Crippen molar-refractivity contribution in [1.82, 2.24) is 20.2 Å². The van der Waals surface area contributed by atoms with Gasteiger partial charge < -0.3 is 20.0 Å². The monoisotopic (exact) mass is 412 g/mol. The zero-order valence-corrected chi connectivity index (χ0v) is 17.4. The Bertz CT molecular complexity index is 862.